The molecule has 2 saturated carbocycles. The van der Waals surface area contributed by atoms with Crippen molar-refractivity contribution in [2.75, 3.05) is 18.6 Å². The van der Waals surface area contributed by atoms with E-state index < -0.39 is 0 Å². The number of carbonyl (C=O) groups is 1. The van der Waals surface area contributed by atoms with Crippen LogP contribution in [0, 0.1) is 19.8 Å². The van der Waals surface area contributed by atoms with Crippen LogP contribution in [-0.4, -0.2) is 41.9 Å². The lowest BCUT2D eigenvalue weighted by molar-refractivity contribution is 0.0122. The molecule has 2 aromatic carbocycles. The Kier molecular flexibility index (Phi) is 5.78. The minimum Gasteiger partial charge on any atom is -0.465 e. The summed E-state index contributed by atoms with van der Waals surface area (Å²) in [7, 11) is 1.42. The first-order chi connectivity index (χ1) is 18.5. The molecule has 4 aromatic rings. The van der Waals surface area contributed by atoms with Gasteiger partial charge >= 0.3 is 5.97 Å². The predicted molar refractivity (Wildman–Crippen MR) is 147 cm³/mol. The first-order valence-electron chi connectivity index (χ1n) is 13.4. The fourth-order valence-corrected chi connectivity index (χ4v) is 7.42. The molecule has 0 N–H and O–H groups in total. The molecule has 0 radical (unpaired) electrons. The molecule has 7 nitrogen and oxygen atoms in total. The number of thiazole rings is 1. The van der Waals surface area contributed by atoms with Crippen molar-refractivity contribution in [3.05, 3.63) is 64.4 Å². The van der Waals surface area contributed by atoms with E-state index in [1.165, 1.54) is 25.5 Å². The third-order valence-electron chi connectivity index (χ3n) is 8.43. The molecular weight excluding hydrogens is 498 g/mol. The Morgan fingerprint density at radius 3 is 2.74 bits per heavy atom. The molecule has 3 atom stereocenters. The average Bonchev–Trinajstić information content (AvgIpc) is 3.25. The second-order valence-corrected chi connectivity index (χ2v) is 12.0. The van der Waals surface area contributed by atoms with Gasteiger partial charge in [0.1, 0.15) is 11.5 Å². The standard InChI is InChI=1S/C30H31N3O4S/c1-16-6-4-5-7-22(16)27-23(28(37-32-27)18-8-9-18)15-36-24-13-21-11-20(24)14-33(21)30-31-26-17(2)10-19(29(34)35-3)12-25(26)38-30/h4-7,10,12,18,20-21,24H,8-9,11,13-15H2,1-3H3/t20-,21-,24+/m0/s1. The van der Waals surface area contributed by atoms with Crippen LogP contribution in [0.4, 0.5) is 5.13 Å². The zero-order chi connectivity index (χ0) is 26.0. The summed E-state index contributed by atoms with van der Waals surface area (Å²) in [4.78, 5) is 19.5. The van der Waals surface area contributed by atoms with E-state index in [1.807, 2.05) is 19.1 Å². The minimum atomic E-state index is -0.312. The van der Waals surface area contributed by atoms with Gasteiger partial charge in [-0.15, -0.1) is 0 Å². The van der Waals surface area contributed by atoms with Crippen molar-refractivity contribution < 1.29 is 18.8 Å². The van der Waals surface area contributed by atoms with E-state index in [-0.39, 0.29) is 12.1 Å². The highest BCUT2D eigenvalue weighted by atomic mass is 32.1. The van der Waals surface area contributed by atoms with Crippen LogP contribution < -0.4 is 4.90 Å². The van der Waals surface area contributed by atoms with Crippen molar-refractivity contribution in [2.45, 2.75) is 64.2 Å². The van der Waals surface area contributed by atoms with Crippen LogP contribution >= 0.6 is 11.3 Å². The van der Waals surface area contributed by atoms with Crippen molar-refractivity contribution in [3.63, 3.8) is 0 Å². The normalized spacial score (nSPS) is 22.5. The number of fused-ring (bicyclic) bond motifs is 3. The third kappa shape index (κ3) is 4.01. The molecule has 2 aliphatic carbocycles. The van der Waals surface area contributed by atoms with Gasteiger partial charge in [-0.3, -0.25) is 0 Å². The van der Waals surface area contributed by atoms with Crippen LogP contribution in [0.15, 0.2) is 40.9 Å². The summed E-state index contributed by atoms with van der Waals surface area (Å²) in [5.74, 6) is 1.67. The lowest BCUT2D eigenvalue weighted by Gasteiger charge is -2.31. The first-order valence-corrected chi connectivity index (χ1v) is 14.2. The third-order valence-corrected chi connectivity index (χ3v) is 9.47. The number of rotatable bonds is 7. The number of esters is 1. The van der Waals surface area contributed by atoms with E-state index >= 15 is 0 Å². The molecule has 8 heteroatoms. The van der Waals surface area contributed by atoms with Gasteiger partial charge in [-0.2, -0.15) is 0 Å². The molecule has 7 rings (SSSR count). The smallest absolute Gasteiger partial charge is 0.337 e. The van der Waals surface area contributed by atoms with Crippen molar-refractivity contribution >= 4 is 32.7 Å². The van der Waals surface area contributed by atoms with Gasteiger partial charge in [0.15, 0.2) is 5.13 Å². The number of methoxy groups -OCH3 is 1. The number of hydrogen-bond donors (Lipinski definition) is 0. The molecule has 0 amide bonds. The van der Waals surface area contributed by atoms with Crippen molar-refractivity contribution in [1.29, 1.82) is 0 Å². The van der Waals surface area contributed by atoms with Gasteiger partial charge in [-0.1, -0.05) is 40.8 Å². The molecule has 1 saturated heterocycles. The summed E-state index contributed by atoms with van der Waals surface area (Å²) in [6, 6.07) is 12.5. The van der Waals surface area contributed by atoms with Gasteiger partial charge in [-0.25, -0.2) is 9.78 Å². The fourth-order valence-electron chi connectivity index (χ4n) is 6.26. The number of nitrogens with zero attached hydrogens (tertiary/aromatic N) is 3. The van der Waals surface area contributed by atoms with Crippen molar-refractivity contribution in [2.24, 2.45) is 5.92 Å². The Labute approximate surface area is 225 Å². The minimum absolute atomic E-state index is 0.227. The predicted octanol–water partition coefficient (Wildman–Crippen LogP) is 6.42. The highest BCUT2D eigenvalue weighted by Gasteiger charge is 2.46. The number of hydrogen-bond acceptors (Lipinski definition) is 8. The molecule has 0 unspecified atom stereocenters. The van der Waals surface area contributed by atoms with E-state index in [1.54, 1.807) is 11.3 Å². The zero-order valence-electron chi connectivity index (χ0n) is 21.9. The number of ether oxygens (including phenoxy) is 2. The molecule has 196 valence electrons. The zero-order valence-corrected chi connectivity index (χ0v) is 22.7. The lowest BCUT2D eigenvalue weighted by Crippen LogP contribution is -2.38. The molecule has 0 spiro atoms. The summed E-state index contributed by atoms with van der Waals surface area (Å²) >= 11 is 1.66. The summed E-state index contributed by atoms with van der Waals surface area (Å²) in [6.07, 6.45) is 4.68. The number of carbonyl (C=O) groups excluding carboxylic acids is 1. The topological polar surface area (TPSA) is 77.7 Å². The Bertz CT molecular complexity index is 1540. The van der Waals surface area contributed by atoms with Crippen molar-refractivity contribution in [1.82, 2.24) is 10.1 Å². The van der Waals surface area contributed by atoms with Gasteiger partial charge in [0.25, 0.3) is 0 Å². The van der Waals surface area contributed by atoms with Crippen LogP contribution in [0.3, 0.4) is 0 Å². The maximum absolute atomic E-state index is 12.1. The second-order valence-electron chi connectivity index (χ2n) is 11.0. The van der Waals surface area contributed by atoms with Crippen LogP contribution in [0.2, 0.25) is 0 Å². The van der Waals surface area contributed by atoms with Crippen LogP contribution in [0.25, 0.3) is 21.5 Å². The van der Waals surface area contributed by atoms with Gasteiger partial charge in [0.2, 0.25) is 0 Å². The quantitative estimate of drug-likeness (QED) is 0.256. The number of benzene rings is 2. The number of aryl methyl sites for hydroxylation is 2. The van der Waals surface area contributed by atoms with E-state index in [9.17, 15) is 4.79 Å². The summed E-state index contributed by atoms with van der Waals surface area (Å²) in [6.45, 7) is 5.62. The Morgan fingerprint density at radius 1 is 1.16 bits per heavy atom. The molecule has 38 heavy (non-hydrogen) atoms. The van der Waals surface area contributed by atoms with Gasteiger partial charge < -0.3 is 18.9 Å². The van der Waals surface area contributed by atoms with E-state index in [4.69, 9.17) is 19.0 Å². The van der Waals surface area contributed by atoms with Crippen LogP contribution in [-0.2, 0) is 16.1 Å². The largest absolute Gasteiger partial charge is 0.465 e. The number of piperidine rings is 1. The highest BCUT2D eigenvalue weighted by molar-refractivity contribution is 7.22. The molecule has 3 fully saturated rings. The SMILES string of the molecule is COC(=O)c1cc(C)c2nc(N3C[C@@H]4C[C@H]3C[C@H]4OCc3c(-c4ccccc4C)noc3C3CC3)sc2c1. The van der Waals surface area contributed by atoms with Gasteiger partial charge in [-0.05, 0) is 62.8 Å². The maximum atomic E-state index is 12.1. The van der Waals surface area contributed by atoms with Crippen molar-refractivity contribution in [3.8, 4) is 11.3 Å². The number of aromatic nitrogens is 2. The molecular formula is C30H31N3O4S. The van der Waals surface area contributed by atoms with Gasteiger partial charge in [0.05, 0.1) is 35.6 Å². The molecule has 2 bridgehead atoms. The average molecular weight is 530 g/mol. The van der Waals surface area contributed by atoms with E-state index in [2.05, 4.69) is 41.2 Å². The van der Waals surface area contributed by atoms with E-state index in [0.717, 1.165) is 62.9 Å². The van der Waals surface area contributed by atoms with Crippen LogP contribution in [0.1, 0.15) is 64.4 Å². The lowest BCUT2D eigenvalue weighted by atomic mass is 10.0. The Hall–Kier alpha value is -3.23. The molecule has 3 heterocycles. The summed E-state index contributed by atoms with van der Waals surface area (Å²) in [5.41, 5.74) is 6.94. The van der Waals surface area contributed by atoms with E-state index in [0.29, 0.717) is 30.0 Å². The van der Waals surface area contributed by atoms with Crippen LogP contribution in [0.5, 0.6) is 0 Å². The highest BCUT2D eigenvalue weighted by Crippen LogP contribution is 2.47. The fraction of sp³-hybridized carbons (Fsp3) is 0.433. The van der Waals surface area contributed by atoms with Gasteiger partial charge in [0, 0.05) is 35.5 Å². The molecule has 2 aromatic heterocycles. The summed E-state index contributed by atoms with van der Waals surface area (Å²) < 4.78 is 18.4. The first kappa shape index (κ1) is 23.9. The summed E-state index contributed by atoms with van der Waals surface area (Å²) in [5, 5.41) is 5.54. The number of anilines is 1. The molecule has 1 aliphatic heterocycles. The monoisotopic (exact) mass is 529 g/mol. The Balaban J connectivity index is 1.08. The second kappa shape index (κ2) is 9.20. The maximum Gasteiger partial charge on any atom is 0.337 e. The molecule has 3 aliphatic rings. The Morgan fingerprint density at radius 2 is 2.00 bits per heavy atom.